The van der Waals surface area contributed by atoms with Gasteiger partial charge in [-0.05, 0) is 72.6 Å². The molecular weight excluding hydrogens is 451 g/mol. The highest BCUT2D eigenvalue weighted by Crippen LogP contribution is 2.46. The van der Waals surface area contributed by atoms with Crippen LogP contribution in [0.2, 0.25) is 0 Å². The van der Waals surface area contributed by atoms with Crippen molar-refractivity contribution in [2.24, 2.45) is 23.5 Å². The molecule has 0 saturated carbocycles. The Balaban J connectivity index is 1.62. The molecule has 4 unspecified atom stereocenters. The molecule has 4 N–H and O–H groups in total. The molecule has 2 aliphatic heterocycles. The van der Waals surface area contributed by atoms with Gasteiger partial charge in [0, 0.05) is 36.6 Å². The van der Waals surface area contributed by atoms with Crippen molar-refractivity contribution in [2.45, 2.75) is 65.1 Å². The Kier molecular flexibility index (Phi) is 7.40. The van der Waals surface area contributed by atoms with E-state index in [1.807, 2.05) is 31.2 Å². The van der Waals surface area contributed by atoms with Crippen LogP contribution in [0, 0.1) is 34.5 Å². The molecule has 0 aromatic carbocycles. The number of nitriles is 1. The molecule has 6 heteroatoms. The molecule has 4 atom stereocenters. The van der Waals surface area contributed by atoms with Gasteiger partial charge in [0.2, 0.25) is 0 Å². The first-order valence-corrected chi connectivity index (χ1v) is 12.9. The molecule has 0 bridgehead atoms. The van der Waals surface area contributed by atoms with Crippen molar-refractivity contribution in [3.05, 3.63) is 82.0 Å². The van der Waals surface area contributed by atoms with Gasteiger partial charge in [-0.2, -0.15) is 5.26 Å². The number of halogens is 1. The van der Waals surface area contributed by atoms with E-state index in [9.17, 15) is 9.65 Å². The summed E-state index contributed by atoms with van der Waals surface area (Å²) < 4.78 is 20.5. The molecule has 1 fully saturated rings. The van der Waals surface area contributed by atoms with Crippen LogP contribution in [0.25, 0.3) is 0 Å². The van der Waals surface area contributed by atoms with Crippen LogP contribution in [0.5, 0.6) is 0 Å². The molecule has 36 heavy (non-hydrogen) atoms. The predicted octanol–water partition coefficient (Wildman–Crippen LogP) is 6.07. The Bertz CT molecular complexity index is 1190. The Hall–Kier alpha value is -3.33. The Morgan fingerprint density at radius 1 is 1.44 bits per heavy atom. The molecule has 4 aliphatic rings. The molecule has 2 aliphatic carbocycles. The number of alkyl halides is 1. The van der Waals surface area contributed by atoms with Gasteiger partial charge in [0.25, 0.3) is 0 Å². The van der Waals surface area contributed by atoms with E-state index in [-0.39, 0.29) is 17.8 Å². The second kappa shape index (κ2) is 10.3. The van der Waals surface area contributed by atoms with Crippen LogP contribution in [-0.4, -0.2) is 24.0 Å². The van der Waals surface area contributed by atoms with E-state index in [2.05, 4.69) is 50.4 Å². The largest absolute Gasteiger partial charge is 0.493 e. The van der Waals surface area contributed by atoms with E-state index in [0.29, 0.717) is 55.0 Å². The summed E-state index contributed by atoms with van der Waals surface area (Å²) in [4.78, 5) is 0. The van der Waals surface area contributed by atoms with Crippen LogP contribution >= 0.6 is 0 Å². The van der Waals surface area contributed by atoms with E-state index >= 15 is 0 Å². The molecule has 4 rings (SSSR count). The predicted molar refractivity (Wildman–Crippen MR) is 142 cm³/mol. The summed E-state index contributed by atoms with van der Waals surface area (Å²) in [6.07, 6.45) is 14.9. The van der Waals surface area contributed by atoms with Gasteiger partial charge in [0.15, 0.2) is 0 Å². The first kappa shape index (κ1) is 25.8. The number of rotatable bonds is 7. The molecule has 0 aromatic rings. The molecule has 190 valence electrons. The van der Waals surface area contributed by atoms with Gasteiger partial charge >= 0.3 is 0 Å². The van der Waals surface area contributed by atoms with Gasteiger partial charge < -0.3 is 21.2 Å². The molecule has 0 spiro atoms. The van der Waals surface area contributed by atoms with Crippen LogP contribution < -0.4 is 11.1 Å². The second-order valence-electron chi connectivity index (χ2n) is 10.6. The van der Waals surface area contributed by atoms with Gasteiger partial charge in [0.1, 0.15) is 23.7 Å². The summed E-state index contributed by atoms with van der Waals surface area (Å²) in [5.41, 5.74) is 11.3. The number of nitrogens with one attached hydrogen (secondary N) is 2. The minimum Gasteiger partial charge on any atom is -0.493 e. The van der Waals surface area contributed by atoms with Crippen molar-refractivity contribution in [1.82, 2.24) is 5.32 Å². The molecule has 0 radical (unpaired) electrons. The van der Waals surface area contributed by atoms with Crippen LogP contribution in [-0.2, 0) is 4.74 Å². The van der Waals surface area contributed by atoms with Gasteiger partial charge in [-0.1, -0.05) is 38.2 Å². The topological polar surface area (TPSA) is 94.9 Å². The second-order valence-corrected chi connectivity index (χ2v) is 10.6. The zero-order valence-corrected chi connectivity index (χ0v) is 21.7. The maximum absolute atomic E-state index is 14.9. The lowest BCUT2D eigenvalue weighted by atomic mass is 9.70. The van der Waals surface area contributed by atoms with E-state index in [1.54, 1.807) is 0 Å². The zero-order chi connectivity index (χ0) is 26.0. The number of hydrogen-bond donors (Lipinski definition) is 3. The number of fused-ring (bicyclic) bond motifs is 2. The summed E-state index contributed by atoms with van der Waals surface area (Å²) in [5, 5.41) is 22.1. The number of allylic oxidation sites excluding steroid dienone is 9. The molecule has 1 saturated heterocycles. The van der Waals surface area contributed by atoms with Crippen LogP contribution in [0.4, 0.5) is 4.39 Å². The van der Waals surface area contributed by atoms with E-state index < -0.39 is 11.7 Å². The molecular formula is C30H37FN4O. The summed E-state index contributed by atoms with van der Waals surface area (Å²) in [5.74, 6) is 0.976. The van der Waals surface area contributed by atoms with Crippen molar-refractivity contribution < 1.29 is 9.13 Å². The third-order valence-corrected chi connectivity index (χ3v) is 7.83. The first-order chi connectivity index (χ1) is 17.2. The average Bonchev–Trinajstić information content (AvgIpc) is 3.43. The van der Waals surface area contributed by atoms with Crippen molar-refractivity contribution in [3.8, 4) is 6.07 Å². The average molecular weight is 489 g/mol. The molecule has 5 nitrogen and oxygen atoms in total. The van der Waals surface area contributed by atoms with E-state index in [4.69, 9.17) is 15.9 Å². The number of hydrogen-bond acceptors (Lipinski definition) is 5. The Labute approximate surface area is 214 Å². The number of ether oxygens (including phenoxy) is 1. The van der Waals surface area contributed by atoms with Gasteiger partial charge in [-0.3, -0.25) is 0 Å². The van der Waals surface area contributed by atoms with E-state index in [1.165, 1.54) is 0 Å². The normalized spacial score (nSPS) is 29.9. The molecule has 0 amide bonds. The number of nitrogens with two attached hydrogens (primary N) is 1. The minimum atomic E-state index is -1.05. The molecule has 0 aromatic heterocycles. The summed E-state index contributed by atoms with van der Waals surface area (Å²) >= 11 is 0. The van der Waals surface area contributed by atoms with Crippen molar-refractivity contribution in [2.75, 3.05) is 6.61 Å². The highest BCUT2D eigenvalue weighted by atomic mass is 19.1. The quantitative estimate of drug-likeness (QED) is 0.299. The fourth-order valence-electron chi connectivity index (χ4n) is 5.93. The third kappa shape index (κ3) is 4.84. The fourth-order valence-corrected chi connectivity index (χ4v) is 5.93. The standard InChI is InChI=1S/C30H37FN4O/c1-5-20(33)14-24(18(2)3)26-8-6-7-19(27-16-22(17-32)35-30(26,27)4)13-21(34)15-25-23-11-12-36-29(23)10-9-28(25)31/h5-8,10,14,16,18-19,27-28,34-35H,9,11-13,15,33H2,1-4H3/b20-5+,24-14+,34-21?. The highest BCUT2D eigenvalue weighted by molar-refractivity contribution is 5.85. The maximum Gasteiger partial charge on any atom is 0.126 e. The summed E-state index contributed by atoms with van der Waals surface area (Å²) in [6.45, 7) is 8.92. The van der Waals surface area contributed by atoms with Gasteiger partial charge in [0.05, 0.1) is 12.1 Å². The van der Waals surface area contributed by atoms with Crippen molar-refractivity contribution >= 4 is 5.71 Å². The Morgan fingerprint density at radius 3 is 2.92 bits per heavy atom. The smallest absolute Gasteiger partial charge is 0.126 e. The van der Waals surface area contributed by atoms with E-state index in [0.717, 1.165) is 22.5 Å². The van der Waals surface area contributed by atoms with Crippen molar-refractivity contribution in [3.63, 3.8) is 0 Å². The lowest BCUT2D eigenvalue weighted by molar-refractivity contribution is 0.260. The first-order valence-electron chi connectivity index (χ1n) is 12.9. The maximum atomic E-state index is 14.9. The van der Waals surface area contributed by atoms with Gasteiger partial charge in [-0.25, -0.2) is 4.39 Å². The monoisotopic (exact) mass is 488 g/mol. The highest BCUT2D eigenvalue weighted by Gasteiger charge is 2.47. The SMILES string of the molecule is C/C=C(N)\C=C(\C1=CC=CC(CC(=N)CC2=C3CCOC3=CCC2F)C2C=C(C#N)NC12C)C(C)C. The number of nitrogens with zero attached hydrogens (tertiary/aromatic N) is 1. The van der Waals surface area contributed by atoms with Crippen LogP contribution in [0.3, 0.4) is 0 Å². The zero-order valence-electron chi connectivity index (χ0n) is 21.7. The molecule has 2 heterocycles. The summed E-state index contributed by atoms with van der Waals surface area (Å²) in [6, 6.07) is 2.29. The minimum absolute atomic E-state index is 0.0100. The van der Waals surface area contributed by atoms with Gasteiger partial charge in [-0.15, -0.1) is 0 Å². The lowest BCUT2D eigenvalue weighted by Crippen LogP contribution is -2.47. The van der Waals surface area contributed by atoms with Crippen LogP contribution in [0.15, 0.2) is 82.0 Å². The van der Waals surface area contributed by atoms with Crippen LogP contribution in [0.1, 0.15) is 53.4 Å². The summed E-state index contributed by atoms with van der Waals surface area (Å²) in [7, 11) is 0. The lowest BCUT2D eigenvalue weighted by Gasteiger charge is -2.39. The van der Waals surface area contributed by atoms with Crippen molar-refractivity contribution in [1.29, 1.82) is 10.7 Å². The Morgan fingerprint density at radius 2 is 2.22 bits per heavy atom. The third-order valence-electron chi connectivity index (χ3n) is 7.83. The fraction of sp³-hybridized carbons (Fsp3) is 0.467.